The zero-order valence-electron chi connectivity index (χ0n) is 16.5. The Morgan fingerprint density at radius 1 is 0.926 bits per heavy atom. The first kappa shape index (κ1) is 20.8. The standard InChI is InChI=1S/C21H25ClN2O3/c1-12-7-8-15(9-13(12)2)23-19(25)21(4,5)20(26)24-17-10-14(3)16(22)11-18(17)27-6/h7-11H,1-6H3,(H,23,25)(H,24,26). The summed E-state index contributed by atoms with van der Waals surface area (Å²) in [5.74, 6) is -0.402. The molecule has 0 radical (unpaired) electrons. The van der Waals surface area contributed by atoms with Crippen molar-refractivity contribution in [3.8, 4) is 5.75 Å². The molecule has 2 amide bonds. The van der Waals surface area contributed by atoms with Crippen LogP contribution in [0.1, 0.15) is 30.5 Å². The molecule has 2 aromatic rings. The second-order valence-corrected chi connectivity index (χ2v) is 7.54. The van der Waals surface area contributed by atoms with Gasteiger partial charge in [-0.2, -0.15) is 0 Å². The van der Waals surface area contributed by atoms with E-state index in [2.05, 4.69) is 10.6 Å². The van der Waals surface area contributed by atoms with Crippen LogP contribution in [0.5, 0.6) is 5.75 Å². The first-order valence-electron chi connectivity index (χ1n) is 8.60. The number of hydrogen-bond donors (Lipinski definition) is 2. The first-order chi connectivity index (χ1) is 12.6. The van der Waals surface area contributed by atoms with E-state index in [0.717, 1.165) is 16.7 Å². The van der Waals surface area contributed by atoms with E-state index in [0.29, 0.717) is 22.1 Å². The molecule has 0 saturated heterocycles. The average molecular weight is 389 g/mol. The Balaban J connectivity index is 2.20. The monoisotopic (exact) mass is 388 g/mol. The molecule has 0 bridgehead atoms. The van der Waals surface area contributed by atoms with Gasteiger partial charge in [0, 0.05) is 16.8 Å². The van der Waals surface area contributed by atoms with Crippen LogP contribution in [-0.4, -0.2) is 18.9 Å². The molecular weight excluding hydrogens is 364 g/mol. The van der Waals surface area contributed by atoms with Crippen LogP contribution in [0, 0.1) is 26.2 Å². The van der Waals surface area contributed by atoms with E-state index in [-0.39, 0.29) is 0 Å². The third-order valence-electron chi connectivity index (χ3n) is 4.63. The predicted octanol–water partition coefficient (Wildman–Crippen LogP) is 4.88. The van der Waals surface area contributed by atoms with Crippen LogP contribution < -0.4 is 15.4 Å². The highest BCUT2D eigenvalue weighted by atomic mass is 35.5. The number of aryl methyl sites for hydroxylation is 3. The molecule has 2 aromatic carbocycles. The van der Waals surface area contributed by atoms with E-state index < -0.39 is 17.2 Å². The fourth-order valence-electron chi connectivity index (χ4n) is 2.42. The molecular formula is C21H25ClN2O3. The third-order valence-corrected chi connectivity index (χ3v) is 5.04. The van der Waals surface area contributed by atoms with E-state index in [4.69, 9.17) is 16.3 Å². The molecule has 0 aliphatic carbocycles. The van der Waals surface area contributed by atoms with Crippen LogP contribution in [-0.2, 0) is 9.59 Å². The Hall–Kier alpha value is -2.53. The van der Waals surface area contributed by atoms with Crippen LogP contribution in [0.3, 0.4) is 0 Å². The highest BCUT2D eigenvalue weighted by molar-refractivity contribution is 6.31. The van der Waals surface area contributed by atoms with Gasteiger partial charge in [-0.3, -0.25) is 9.59 Å². The Labute approximate surface area is 165 Å². The molecule has 27 heavy (non-hydrogen) atoms. The highest BCUT2D eigenvalue weighted by Crippen LogP contribution is 2.32. The van der Waals surface area contributed by atoms with Crippen molar-refractivity contribution in [2.45, 2.75) is 34.6 Å². The lowest BCUT2D eigenvalue weighted by atomic mass is 9.90. The summed E-state index contributed by atoms with van der Waals surface area (Å²) in [6, 6.07) is 8.98. The fourth-order valence-corrected chi connectivity index (χ4v) is 2.57. The van der Waals surface area contributed by atoms with E-state index >= 15 is 0 Å². The molecule has 0 heterocycles. The van der Waals surface area contributed by atoms with Crippen LogP contribution in [0.15, 0.2) is 30.3 Å². The molecule has 0 aliphatic rings. The van der Waals surface area contributed by atoms with Crippen molar-refractivity contribution in [1.29, 1.82) is 0 Å². The van der Waals surface area contributed by atoms with Gasteiger partial charge in [0.25, 0.3) is 0 Å². The molecule has 6 heteroatoms. The molecule has 144 valence electrons. The Morgan fingerprint density at radius 2 is 1.56 bits per heavy atom. The van der Waals surface area contributed by atoms with Gasteiger partial charge in [-0.15, -0.1) is 0 Å². The lowest BCUT2D eigenvalue weighted by molar-refractivity contribution is -0.135. The van der Waals surface area contributed by atoms with Gasteiger partial charge in [0.2, 0.25) is 11.8 Å². The van der Waals surface area contributed by atoms with Crippen molar-refractivity contribution in [3.05, 3.63) is 52.0 Å². The summed E-state index contributed by atoms with van der Waals surface area (Å²) in [5, 5.41) is 6.13. The molecule has 0 aromatic heterocycles. The SMILES string of the molecule is COc1cc(Cl)c(C)cc1NC(=O)C(C)(C)C(=O)Nc1ccc(C)c(C)c1. The number of rotatable bonds is 5. The van der Waals surface area contributed by atoms with Crippen molar-refractivity contribution in [2.75, 3.05) is 17.7 Å². The number of halogens is 1. The number of carbonyl (C=O) groups is 2. The van der Waals surface area contributed by atoms with Crippen LogP contribution >= 0.6 is 11.6 Å². The van der Waals surface area contributed by atoms with Crippen molar-refractivity contribution >= 4 is 34.8 Å². The van der Waals surface area contributed by atoms with Gasteiger partial charge >= 0.3 is 0 Å². The number of carbonyl (C=O) groups excluding carboxylic acids is 2. The number of anilines is 2. The lowest BCUT2D eigenvalue weighted by Gasteiger charge is -2.24. The second kappa shape index (κ2) is 8.01. The second-order valence-electron chi connectivity index (χ2n) is 7.13. The maximum atomic E-state index is 12.8. The summed E-state index contributed by atoms with van der Waals surface area (Å²) >= 11 is 6.10. The molecule has 5 nitrogen and oxygen atoms in total. The molecule has 0 fully saturated rings. The Morgan fingerprint density at radius 3 is 2.15 bits per heavy atom. The highest BCUT2D eigenvalue weighted by Gasteiger charge is 2.36. The summed E-state index contributed by atoms with van der Waals surface area (Å²) < 4.78 is 5.28. The van der Waals surface area contributed by atoms with Crippen LogP contribution in [0.25, 0.3) is 0 Å². The van der Waals surface area contributed by atoms with Gasteiger partial charge in [-0.1, -0.05) is 17.7 Å². The first-order valence-corrected chi connectivity index (χ1v) is 8.98. The summed E-state index contributed by atoms with van der Waals surface area (Å²) in [6.07, 6.45) is 0. The van der Waals surface area contributed by atoms with Gasteiger partial charge in [0.1, 0.15) is 11.2 Å². The van der Waals surface area contributed by atoms with Crippen LogP contribution in [0.2, 0.25) is 5.02 Å². The van der Waals surface area contributed by atoms with Crippen LogP contribution in [0.4, 0.5) is 11.4 Å². The minimum atomic E-state index is -1.29. The van der Waals surface area contributed by atoms with E-state index in [9.17, 15) is 9.59 Å². The Bertz CT molecular complexity index is 891. The zero-order chi connectivity index (χ0) is 20.4. The number of hydrogen-bond acceptors (Lipinski definition) is 3. The molecule has 0 saturated carbocycles. The molecule has 0 spiro atoms. The minimum Gasteiger partial charge on any atom is -0.495 e. The number of amides is 2. The topological polar surface area (TPSA) is 67.4 Å². The summed E-state index contributed by atoms with van der Waals surface area (Å²) in [4.78, 5) is 25.5. The number of nitrogens with one attached hydrogen (secondary N) is 2. The van der Waals surface area contributed by atoms with E-state index in [1.807, 2.05) is 39.0 Å². The maximum absolute atomic E-state index is 12.8. The predicted molar refractivity (Wildman–Crippen MR) is 110 cm³/mol. The largest absolute Gasteiger partial charge is 0.495 e. The quantitative estimate of drug-likeness (QED) is 0.717. The van der Waals surface area contributed by atoms with Crippen molar-refractivity contribution < 1.29 is 14.3 Å². The molecule has 0 atom stereocenters. The smallest absolute Gasteiger partial charge is 0.239 e. The Kier molecular flexibility index (Phi) is 6.16. The molecule has 2 N–H and O–H groups in total. The maximum Gasteiger partial charge on any atom is 0.239 e. The molecule has 0 aliphatic heterocycles. The summed E-state index contributed by atoms with van der Waals surface area (Å²) in [5.41, 5.74) is 2.83. The summed E-state index contributed by atoms with van der Waals surface area (Å²) in [7, 11) is 1.49. The average Bonchev–Trinajstić information content (AvgIpc) is 2.60. The number of methoxy groups -OCH3 is 1. The van der Waals surface area contributed by atoms with Crippen molar-refractivity contribution in [1.82, 2.24) is 0 Å². The normalized spacial score (nSPS) is 11.1. The van der Waals surface area contributed by atoms with Crippen molar-refractivity contribution in [2.24, 2.45) is 5.41 Å². The third kappa shape index (κ3) is 4.61. The minimum absolute atomic E-state index is 0.395. The summed E-state index contributed by atoms with van der Waals surface area (Å²) in [6.45, 7) is 8.95. The zero-order valence-corrected chi connectivity index (χ0v) is 17.2. The van der Waals surface area contributed by atoms with Crippen molar-refractivity contribution in [3.63, 3.8) is 0 Å². The number of ether oxygens (including phenoxy) is 1. The van der Waals surface area contributed by atoms with Gasteiger partial charge < -0.3 is 15.4 Å². The lowest BCUT2D eigenvalue weighted by Crippen LogP contribution is -2.41. The molecule has 0 unspecified atom stereocenters. The van der Waals surface area contributed by atoms with Gasteiger partial charge in [-0.25, -0.2) is 0 Å². The van der Waals surface area contributed by atoms with E-state index in [1.54, 1.807) is 26.0 Å². The number of benzene rings is 2. The van der Waals surface area contributed by atoms with Gasteiger partial charge in [0.15, 0.2) is 0 Å². The van der Waals surface area contributed by atoms with Gasteiger partial charge in [0.05, 0.1) is 12.8 Å². The fraction of sp³-hybridized carbons (Fsp3) is 0.333. The van der Waals surface area contributed by atoms with E-state index in [1.165, 1.54) is 7.11 Å². The van der Waals surface area contributed by atoms with Gasteiger partial charge in [-0.05, 0) is 69.5 Å². The molecule has 2 rings (SSSR count).